The summed E-state index contributed by atoms with van der Waals surface area (Å²) >= 11 is 6.41. The van der Waals surface area contributed by atoms with Crippen LogP contribution < -0.4 is 5.32 Å². The highest BCUT2D eigenvalue weighted by atomic mass is 35.5. The van der Waals surface area contributed by atoms with Gasteiger partial charge in [0.25, 0.3) is 0 Å². The van der Waals surface area contributed by atoms with Crippen molar-refractivity contribution in [3.63, 3.8) is 0 Å². The number of halogens is 1. The smallest absolute Gasteiger partial charge is 0.232 e. The van der Waals surface area contributed by atoms with Gasteiger partial charge in [-0.05, 0) is 48.3 Å². The number of ketones is 1. The lowest BCUT2D eigenvalue weighted by molar-refractivity contribution is -0.115. The van der Waals surface area contributed by atoms with Gasteiger partial charge in [0.05, 0.1) is 6.42 Å². The van der Waals surface area contributed by atoms with E-state index in [0.717, 1.165) is 42.7 Å². The number of anilines is 1. The standard InChI is InChI=1S/C27H29ClN2O2/c1-3-30(4-2)17-16-22-14-15-24(18-25(22)28)29-27(32)19-26(31)23-12-10-21(11-13-23)20-8-6-5-7-9-20/h5-15,18H,3-4,16-17,19H2,1-2H3,(H,29,32). The number of carbonyl (C=O) groups is 2. The fourth-order valence-corrected chi connectivity index (χ4v) is 3.85. The van der Waals surface area contributed by atoms with Crippen LogP contribution in [0.25, 0.3) is 11.1 Å². The van der Waals surface area contributed by atoms with E-state index >= 15 is 0 Å². The number of amides is 1. The molecular formula is C27H29ClN2O2. The van der Waals surface area contributed by atoms with Crippen LogP contribution in [0.2, 0.25) is 5.02 Å². The first kappa shape index (κ1) is 23.7. The van der Waals surface area contributed by atoms with E-state index in [2.05, 4.69) is 24.1 Å². The highest BCUT2D eigenvalue weighted by molar-refractivity contribution is 6.31. The van der Waals surface area contributed by atoms with Gasteiger partial charge >= 0.3 is 0 Å². The van der Waals surface area contributed by atoms with Gasteiger partial charge in [0, 0.05) is 22.8 Å². The lowest BCUT2D eigenvalue weighted by Crippen LogP contribution is -2.25. The zero-order chi connectivity index (χ0) is 22.9. The molecule has 166 valence electrons. The maximum Gasteiger partial charge on any atom is 0.232 e. The summed E-state index contributed by atoms with van der Waals surface area (Å²) in [6, 6.07) is 22.8. The van der Waals surface area contributed by atoms with Crippen LogP contribution in [-0.2, 0) is 11.2 Å². The fourth-order valence-electron chi connectivity index (χ4n) is 3.58. The molecule has 1 N–H and O–H groups in total. The average molecular weight is 449 g/mol. The molecule has 0 bridgehead atoms. The summed E-state index contributed by atoms with van der Waals surface area (Å²) < 4.78 is 0. The zero-order valence-corrected chi connectivity index (χ0v) is 19.4. The monoisotopic (exact) mass is 448 g/mol. The molecule has 0 aliphatic heterocycles. The van der Waals surface area contributed by atoms with Crippen molar-refractivity contribution in [1.82, 2.24) is 4.90 Å². The summed E-state index contributed by atoms with van der Waals surface area (Å²) in [6.45, 7) is 7.23. The molecule has 0 heterocycles. The molecule has 0 saturated heterocycles. The second-order valence-corrected chi connectivity index (χ2v) is 8.08. The van der Waals surface area contributed by atoms with Crippen LogP contribution in [0.3, 0.4) is 0 Å². The molecule has 0 aliphatic carbocycles. The summed E-state index contributed by atoms with van der Waals surface area (Å²) in [4.78, 5) is 27.3. The summed E-state index contributed by atoms with van der Waals surface area (Å²) in [7, 11) is 0. The van der Waals surface area contributed by atoms with Gasteiger partial charge in [-0.25, -0.2) is 0 Å². The maximum absolute atomic E-state index is 12.5. The molecule has 3 aromatic rings. The second kappa shape index (κ2) is 11.6. The van der Waals surface area contributed by atoms with Crippen LogP contribution in [0.4, 0.5) is 5.69 Å². The van der Waals surface area contributed by atoms with Crippen LogP contribution >= 0.6 is 11.6 Å². The van der Waals surface area contributed by atoms with Gasteiger partial charge in [0.2, 0.25) is 5.91 Å². The molecule has 3 aromatic carbocycles. The normalized spacial score (nSPS) is 10.9. The summed E-state index contributed by atoms with van der Waals surface area (Å²) in [5.74, 6) is -0.571. The summed E-state index contributed by atoms with van der Waals surface area (Å²) in [5.41, 5.74) is 4.28. The number of nitrogens with one attached hydrogen (secondary N) is 1. The van der Waals surface area contributed by atoms with Crippen LogP contribution in [0.5, 0.6) is 0 Å². The van der Waals surface area contributed by atoms with Crippen LogP contribution in [0.1, 0.15) is 36.2 Å². The van der Waals surface area contributed by atoms with Crippen LogP contribution in [0.15, 0.2) is 72.8 Å². The van der Waals surface area contributed by atoms with Crippen LogP contribution in [0, 0.1) is 0 Å². The number of hydrogen-bond acceptors (Lipinski definition) is 3. The Morgan fingerprint density at radius 2 is 1.53 bits per heavy atom. The third kappa shape index (κ3) is 6.52. The molecule has 0 radical (unpaired) electrons. The van der Waals surface area contributed by atoms with Gasteiger partial charge in [0.1, 0.15) is 0 Å². The molecule has 0 aliphatic rings. The molecule has 0 atom stereocenters. The predicted octanol–water partition coefficient (Wildman–Crippen LogP) is 6.10. The third-order valence-electron chi connectivity index (χ3n) is 5.56. The van der Waals surface area contributed by atoms with Crippen molar-refractivity contribution in [3.8, 4) is 11.1 Å². The minimum absolute atomic E-state index is 0.216. The number of likely N-dealkylation sites (N-methyl/N-ethyl adjacent to an activating group) is 1. The van der Waals surface area contributed by atoms with Gasteiger partial charge in [-0.15, -0.1) is 0 Å². The van der Waals surface area contributed by atoms with E-state index in [-0.39, 0.29) is 18.1 Å². The molecule has 0 saturated carbocycles. The number of Topliss-reactive ketones (excluding diaryl/α,β-unsaturated/α-hetero) is 1. The molecule has 0 aromatic heterocycles. The minimum atomic E-state index is -0.353. The Morgan fingerprint density at radius 3 is 2.16 bits per heavy atom. The Labute approximate surface area is 195 Å². The molecule has 0 unspecified atom stereocenters. The number of nitrogens with zero attached hydrogens (tertiary/aromatic N) is 1. The van der Waals surface area contributed by atoms with Gasteiger partial charge in [-0.2, -0.15) is 0 Å². The van der Waals surface area contributed by atoms with E-state index in [1.807, 2.05) is 54.6 Å². The molecule has 1 amide bonds. The van der Waals surface area contributed by atoms with Gasteiger partial charge < -0.3 is 10.2 Å². The zero-order valence-electron chi connectivity index (χ0n) is 18.6. The first-order valence-electron chi connectivity index (χ1n) is 11.0. The van der Waals surface area contributed by atoms with Crippen molar-refractivity contribution in [2.75, 3.05) is 25.0 Å². The number of benzene rings is 3. The molecule has 3 rings (SSSR count). The lowest BCUT2D eigenvalue weighted by atomic mass is 10.0. The average Bonchev–Trinajstić information content (AvgIpc) is 2.81. The number of carbonyl (C=O) groups excluding carboxylic acids is 2. The molecule has 0 spiro atoms. The predicted molar refractivity (Wildman–Crippen MR) is 132 cm³/mol. The Balaban J connectivity index is 1.56. The van der Waals surface area contributed by atoms with Crippen LogP contribution in [-0.4, -0.2) is 36.2 Å². The fraction of sp³-hybridized carbons (Fsp3) is 0.259. The minimum Gasteiger partial charge on any atom is -0.326 e. The number of rotatable bonds is 10. The molecule has 4 nitrogen and oxygen atoms in total. The van der Waals surface area contributed by atoms with E-state index in [1.165, 1.54) is 0 Å². The Hall–Kier alpha value is -2.95. The quantitative estimate of drug-likeness (QED) is 0.301. The maximum atomic E-state index is 12.5. The van der Waals surface area contributed by atoms with Gasteiger partial charge in [-0.1, -0.05) is 86.1 Å². The third-order valence-corrected chi connectivity index (χ3v) is 5.92. The van der Waals surface area contributed by atoms with Crippen molar-refractivity contribution >= 4 is 29.0 Å². The first-order valence-corrected chi connectivity index (χ1v) is 11.4. The Morgan fingerprint density at radius 1 is 0.875 bits per heavy atom. The van der Waals surface area contributed by atoms with Crippen molar-refractivity contribution in [2.24, 2.45) is 0 Å². The van der Waals surface area contributed by atoms with Crippen molar-refractivity contribution in [3.05, 3.63) is 88.9 Å². The largest absolute Gasteiger partial charge is 0.326 e. The van der Waals surface area contributed by atoms with E-state index in [0.29, 0.717) is 16.3 Å². The van der Waals surface area contributed by atoms with Gasteiger partial charge in [0.15, 0.2) is 5.78 Å². The second-order valence-electron chi connectivity index (χ2n) is 7.67. The Bertz CT molecular complexity index is 1050. The van der Waals surface area contributed by atoms with E-state index in [4.69, 9.17) is 11.6 Å². The highest BCUT2D eigenvalue weighted by Crippen LogP contribution is 2.23. The first-order chi connectivity index (χ1) is 15.5. The van der Waals surface area contributed by atoms with Crippen molar-refractivity contribution in [2.45, 2.75) is 26.7 Å². The molecular weight excluding hydrogens is 420 g/mol. The van der Waals surface area contributed by atoms with Crippen molar-refractivity contribution in [1.29, 1.82) is 0 Å². The molecule has 0 fully saturated rings. The highest BCUT2D eigenvalue weighted by Gasteiger charge is 2.13. The van der Waals surface area contributed by atoms with Crippen molar-refractivity contribution < 1.29 is 9.59 Å². The van der Waals surface area contributed by atoms with E-state index in [9.17, 15) is 9.59 Å². The van der Waals surface area contributed by atoms with Gasteiger partial charge in [-0.3, -0.25) is 9.59 Å². The number of hydrogen-bond donors (Lipinski definition) is 1. The molecule has 5 heteroatoms. The SMILES string of the molecule is CCN(CC)CCc1ccc(NC(=O)CC(=O)c2ccc(-c3ccccc3)cc2)cc1Cl. The summed E-state index contributed by atoms with van der Waals surface area (Å²) in [6.07, 6.45) is 0.637. The Kier molecular flexibility index (Phi) is 8.60. The topological polar surface area (TPSA) is 49.4 Å². The molecule has 32 heavy (non-hydrogen) atoms. The lowest BCUT2D eigenvalue weighted by Gasteiger charge is -2.18. The summed E-state index contributed by atoms with van der Waals surface area (Å²) in [5, 5.41) is 3.40. The van der Waals surface area contributed by atoms with E-state index < -0.39 is 0 Å². The van der Waals surface area contributed by atoms with E-state index in [1.54, 1.807) is 18.2 Å².